The van der Waals surface area contributed by atoms with E-state index in [1.165, 1.54) is 0 Å². The Morgan fingerprint density at radius 2 is 1.39 bits per heavy atom. The van der Waals surface area contributed by atoms with Crippen LogP contribution in [0.1, 0.15) is 5.56 Å². The van der Waals surface area contributed by atoms with E-state index in [4.69, 9.17) is 4.42 Å². The van der Waals surface area contributed by atoms with Crippen LogP contribution in [-0.2, 0) is 0 Å². The van der Waals surface area contributed by atoms with Crippen LogP contribution in [0.15, 0.2) is 89.5 Å². The number of carbonyl (C=O) groups excluding carboxylic acids is 1. The maximum Gasteiger partial charge on any atom is 0.323 e. The van der Waals surface area contributed by atoms with Gasteiger partial charge in [-0.05, 0) is 43.3 Å². The molecule has 0 unspecified atom stereocenters. The highest BCUT2D eigenvalue weighted by atomic mass is 16.3. The van der Waals surface area contributed by atoms with E-state index in [0.717, 1.165) is 28.1 Å². The van der Waals surface area contributed by atoms with Crippen molar-refractivity contribution in [1.82, 2.24) is 4.98 Å². The summed E-state index contributed by atoms with van der Waals surface area (Å²) >= 11 is 0. The monoisotopic (exact) mass is 369 g/mol. The topological polar surface area (TPSA) is 67.2 Å². The minimum atomic E-state index is -0.293. The first kappa shape index (κ1) is 17.5. The molecule has 1 aromatic heterocycles. The number of carbonyl (C=O) groups is 1. The molecule has 5 heteroatoms. The Morgan fingerprint density at radius 3 is 2.04 bits per heavy atom. The van der Waals surface area contributed by atoms with Crippen molar-refractivity contribution >= 4 is 17.4 Å². The van der Waals surface area contributed by atoms with Crippen molar-refractivity contribution in [1.29, 1.82) is 0 Å². The largest absolute Gasteiger partial charge is 0.444 e. The maximum atomic E-state index is 12.1. The molecule has 0 aliphatic carbocycles. The van der Waals surface area contributed by atoms with Crippen LogP contribution in [0.3, 0.4) is 0 Å². The van der Waals surface area contributed by atoms with Crippen LogP contribution in [0, 0.1) is 6.92 Å². The number of benzene rings is 3. The number of aryl methyl sites for hydroxylation is 1. The van der Waals surface area contributed by atoms with Gasteiger partial charge in [0.2, 0.25) is 5.89 Å². The third-order valence-corrected chi connectivity index (χ3v) is 4.27. The van der Waals surface area contributed by atoms with E-state index in [2.05, 4.69) is 15.6 Å². The summed E-state index contributed by atoms with van der Waals surface area (Å²) in [5, 5.41) is 5.62. The number of rotatable bonds is 4. The number of nitrogens with zero attached hydrogens (tertiary/aromatic N) is 1. The molecule has 0 saturated carbocycles. The van der Waals surface area contributed by atoms with Crippen molar-refractivity contribution in [2.75, 3.05) is 10.6 Å². The lowest BCUT2D eigenvalue weighted by molar-refractivity contribution is 0.262. The van der Waals surface area contributed by atoms with E-state index in [9.17, 15) is 4.79 Å². The van der Waals surface area contributed by atoms with Crippen molar-refractivity contribution in [3.05, 3.63) is 90.7 Å². The fraction of sp³-hybridized carbons (Fsp3) is 0.0435. The summed E-state index contributed by atoms with van der Waals surface area (Å²) in [7, 11) is 0. The van der Waals surface area contributed by atoms with Crippen LogP contribution in [0.25, 0.3) is 22.7 Å². The predicted octanol–water partition coefficient (Wildman–Crippen LogP) is 5.96. The molecule has 0 spiro atoms. The number of anilines is 2. The van der Waals surface area contributed by atoms with Gasteiger partial charge in [0.15, 0.2) is 0 Å². The van der Waals surface area contributed by atoms with E-state index < -0.39 is 0 Å². The number of nitrogens with one attached hydrogen (secondary N) is 2. The summed E-state index contributed by atoms with van der Waals surface area (Å²) in [6.07, 6.45) is 1.64. The zero-order valence-corrected chi connectivity index (χ0v) is 15.3. The molecule has 4 aromatic rings. The van der Waals surface area contributed by atoms with Gasteiger partial charge in [0.05, 0.1) is 0 Å². The molecular formula is C23H19N3O2. The summed E-state index contributed by atoms with van der Waals surface area (Å²) in [6.45, 7) is 2.00. The van der Waals surface area contributed by atoms with Crippen molar-refractivity contribution in [2.24, 2.45) is 0 Å². The number of hydrogen-bond donors (Lipinski definition) is 2. The van der Waals surface area contributed by atoms with Crippen LogP contribution in [-0.4, -0.2) is 11.0 Å². The fourth-order valence-electron chi connectivity index (χ4n) is 2.77. The molecule has 0 radical (unpaired) electrons. The minimum Gasteiger partial charge on any atom is -0.444 e. The molecule has 4 rings (SSSR count). The van der Waals surface area contributed by atoms with Gasteiger partial charge in [-0.1, -0.05) is 48.0 Å². The molecule has 0 aliphatic heterocycles. The van der Waals surface area contributed by atoms with E-state index in [0.29, 0.717) is 11.6 Å². The van der Waals surface area contributed by atoms with E-state index in [-0.39, 0.29) is 6.03 Å². The van der Waals surface area contributed by atoms with Gasteiger partial charge in [-0.3, -0.25) is 0 Å². The average molecular weight is 369 g/mol. The lowest BCUT2D eigenvalue weighted by Gasteiger charge is -2.08. The zero-order chi connectivity index (χ0) is 19.3. The molecule has 5 nitrogen and oxygen atoms in total. The summed E-state index contributed by atoms with van der Waals surface area (Å²) < 4.78 is 5.60. The van der Waals surface area contributed by atoms with Gasteiger partial charge in [0, 0.05) is 22.5 Å². The number of amides is 2. The highest BCUT2D eigenvalue weighted by Crippen LogP contribution is 2.25. The summed E-state index contributed by atoms with van der Waals surface area (Å²) in [4.78, 5) is 16.7. The van der Waals surface area contributed by atoms with Gasteiger partial charge in [-0.25, -0.2) is 9.78 Å². The van der Waals surface area contributed by atoms with Crippen LogP contribution in [0.5, 0.6) is 0 Å². The SMILES string of the molecule is Cc1ccc(NC(=O)Nc2ccc(-c3nc(-c4ccccc4)co3)cc2)cc1. The Morgan fingerprint density at radius 1 is 0.786 bits per heavy atom. The maximum absolute atomic E-state index is 12.1. The van der Waals surface area contributed by atoms with Gasteiger partial charge < -0.3 is 15.1 Å². The van der Waals surface area contributed by atoms with Gasteiger partial charge >= 0.3 is 6.03 Å². The number of oxazole rings is 1. The first-order chi connectivity index (χ1) is 13.7. The molecule has 2 N–H and O–H groups in total. The molecule has 138 valence electrons. The second-order valence-electron chi connectivity index (χ2n) is 6.43. The Labute approximate surface area is 163 Å². The second-order valence-corrected chi connectivity index (χ2v) is 6.43. The number of urea groups is 1. The highest BCUT2D eigenvalue weighted by molar-refractivity contribution is 5.99. The number of aromatic nitrogens is 1. The van der Waals surface area contributed by atoms with Gasteiger partial charge in [-0.2, -0.15) is 0 Å². The van der Waals surface area contributed by atoms with E-state index in [1.807, 2.05) is 85.8 Å². The fourth-order valence-corrected chi connectivity index (χ4v) is 2.77. The molecule has 2 amide bonds. The lowest BCUT2D eigenvalue weighted by Crippen LogP contribution is -2.19. The third-order valence-electron chi connectivity index (χ3n) is 4.27. The molecule has 0 atom stereocenters. The average Bonchev–Trinajstić information content (AvgIpc) is 3.21. The van der Waals surface area contributed by atoms with Crippen molar-refractivity contribution in [2.45, 2.75) is 6.92 Å². The van der Waals surface area contributed by atoms with Crippen LogP contribution >= 0.6 is 0 Å². The molecule has 28 heavy (non-hydrogen) atoms. The lowest BCUT2D eigenvalue weighted by atomic mass is 10.2. The van der Waals surface area contributed by atoms with Gasteiger partial charge in [-0.15, -0.1) is 0 Å². The van der Waals surface area contributed by atoms with Crippen molar-refractivity contribution in [3.63, 3.8) is 0 Å². The minimum absolute atomic E-state index is 0.293. The Kier molecular flexibility index (Phi) is 4.89. The van der Waals surface area contributed by atoms with Crippen LogP contribution < -0.4 is 10.6 Å². The van der Waals surface area contributed by atoms with Crippen LogP contribution in [0.2, 0.25) is 0 Å². The standard InChI is InChI=1S/C23H19N3O2/c1-16-7-11-19(12-8-16)24-23(27)25-20-13-9-18(10-14-20)22-26-21(15-28-22)17-5-3-2-4-6-17/h2-15H,1H3,(H2,24,25,27). The Bertz CT molecular complexity index is 1070. The molecule has 1 heterocycles. The molecule has 3 aromatic carbocycles. The van der Waals surface area contributed by atoms with Crippen LogP contribution in [0.4, 0.5) is 16.2 Å². The third kappa shape index (κ3) is 4.10. The van der Waals surface area contributed by atoms with E-state index >= 15 is 0 Å². The molecule has 0 bridgehead atoms. The zero-order valence-electron chi connectivity index (χ0n) is 15.3. The molecule has 0 aliphatic rings. The summed E-state index contributed by atoms with van der Waals surface area (Å²) in [6, 6.07) is 24.6. The molecule has 0 saturated heterocycles. The predicted molar refractivity (Wildman–Crippen MR) is 111 cm³/mol. The molecular weight excluding hydrogens is 350 g/mol. The smallest absolute Gasteiger partial charge is 0.323 e. The molecule has 0 fully saturated rings. The summed E-state index contributed by atoms with van der Waals surface area (Å²) in [5.41, 5.74) is 5.20. The quantitative estimate of drug-likeness (QED) is 0.466. The number of hydrogen-bond acceptors (Lipinski definition) is 3. The summed E-state index contributed by atoms with van der Waals surface area (Å²) in [5.74, 6) is 0.537. The normalized spacial score (nSPS) is 10.5. The first-order valence-corrected chi connectivity index (χ1v) is 8.93. The van der Waals surface area contributed by atoms with Gasteiger partial charge in [0.25, 0.3) is 0 Å². The van der Waals surface area contributed by atoms with Crippen molar-refractivity contribution in [3.8, 4) is 22.7 Å². The van der Waals surface area contributed by atoms with Crippen molar-refractivity contribution < 1.29 is 9.21 Å². The Hall–Kier alpha value is -3.86. The first-order valence-electron chi connectivity index (χ1n) is 8.93. The van der Waals surface area contributed by atoms with E-state index in [1.54, 1.807) is 6.26 Å². The Balaban J connectivity index is 1.42. The second kappa shape index (κ2) is 7.80. The highest BCUT2D eigenvalue weighted by Gasteiger charge is 2.09. The van der Waals surface area contributed by atoms with Gasteiger partial charge in [0.1, 0.15) is 12.0 Å².